The number of benzene rings is 1. The summed E-state index contributed by atoms with van der Waals surface area (Å²) >= 11 is 9.24. The van der Waals surface area contributed by atoms with E-state index in [0.717, 1.165) is 0 Å². The summed E-state index contributed by atoms with van der Waals surface area (Å²) in [6.45, 7) is 0. The molecular formula is C11H11BrClFN4. The Morgan fingerprint density at radius 3 is 2.83 bits per heavy atom. The molecule has 2 rings (SSSR count). The Bertz CT molecular complexity index is 532. The maximum absolute atomic E-state index is 13.7. The van der Waals surface area contributed by atoms with Gasteiger partial charge in [0.1, 0.15) is 5.82 Å². The maximum Gasteiger partial charge on any atom is 0.153 e. The van der Waals surface area contributed by atoms with E-state index in [2.05, 4.69) is 26.2 Å². The van der Waals surface area contributed by atoms with Gasteiger partial charge < -0.3 is 5.73 Å². The van der Waals surface area contributed by atoms with Crippen LogP contribution >= 0.6 is 27.5 Å². The van der Waals surface area contributed by atoms with Gasteiger partial charge in [-0.05, 0) is 34.5 Å². The van der Waals surface area contributed by atoms with Gasteiger partial charge in [0.2, 0.25) is 0 Å². The summed E-state index contributed by atoms with van der Waals surface area (Å²) in [5.74, 6) is -0.357. The molecule has 0 bridgehead atoms. The number of hydrogen-bond donors (Lipinski definition) is 1. The van der Waals surface area contributed by atoms with Gasteiger partial charge >= 0.3 is 0 Å². The van der Waals surface area contributed by atoms with Crippen LogP contribution < -0.4 is 5.73 Å². The van der Waals surface area contributed by atoms with Gasteiger partial charge in [-0.15, -0.1) is 5.10 Å². The molecule has 0 saturated heterocycles. The van der Waals surface area contributed by atoms with Crippen LogP contribution in [0.25, 0.3) is 0 Å². The third-order valence-electron chi connectivity index (χ3n) is 2.66. The summed E-state index contributed by atoms with van der Waals surface area (Å²) in [5.41, 5.74) is 7.16. The normalized spacial score (nSPS) is 12.7. The van der Waals surface area contributed by atoms with Crippen molar-refractivity contribution in [3.05, 3.63) is 44.9 Å². The molecule has 0 radical (unpaired) electrons. The van der Waals surface area contributed by atoms with Gasteiger partial charge in [-0.25, -0.2) is 9.07 Å². The lowest BCUT2D eigenvalue weighted by Gasteiger charge is -2.13. The molecule has 96 valence electrons. The molecule has 0 amide bonds. The third kappa shape index (κ3) is 2.55. The van der Waals surface area contributed by atoms with E-state index in [0.29, 0.717) is 20.9 Å². The second-order valence-electron chi connectivity index (χ2n) is 3.90. The van der Waals surface area contributed by atoms with Gasteiger partial charge in [-0.1, -0.05) is 22.9 Å². The van der Waals surface area contributed by atoms with Crippen LogP contribution in [0.5, 0.6) is 0 Å². The molecule has 0 aliphatic carbocycles. The van der Waals surface area contributed by atoms with Crippen LogP contribution in [0, 0.1) is 5.82 Å². The number of halogens is 3. The molecule has 1 unspecified atom stereocenters. The number of aryl methyl sites for hydroxylation is 1. The first-order valence-electron chi connectivity index (χ1n) is 5.24. The topological polar surface area (TPSA) is 56.7 Å². The van der Waals surface area contributed by atoms with E-state index in [1.165, 1.54) is 6.07 Å². The van der Waals surface area contributed by atoms with E-state index in [-0.39, 0.29) is 12.2 Å². The minimum absolute atomic E-state index is 0.283. The van der Waals surface area contributed by atoms with Crippen LogP contribution in [-0.2, 0) is 13.5 Å². The summed E-state index contributed by atoms with van der Waals surface area (Å²) in [6.07, 6.45) is 0.283. The van der Waals surface area contributed by atoms with Crippen LogP contribution in [0.15, 0.2) is 22.8 Å². The van der Waals surface area contributed by atoms with Crippen molar-refractivity contribution in [2.75, 3.05) is 0 Å². The van der Waals surface area contributed by atoms with Crippen LogP contribution in [0.2, 0.25) is 5.02 Å². The van der Waals surface area contributed by atoms with Gasteiger partial charge in [0.25, 0.3) is 0 Å². The van der Waals surface area contributed by atoms with Crippen molar-refractivity contribution in [1.29, 1.82) is 0 Å². The number of hydrogen-bond acceptors (Lipinski definition) is 3. The summed E-state index contributed by atoms with van der Waals surface area (Å²) in [7, 11) is 1.73. The molecule has 1 atom stereocenters. The zero-order chi connectivity index (χ0) is 13.3. The Morgan fingerprint density at radius 2 is 2.28 bits per heavy atom. The van der Waals surface area contributed by atoms with Crippen molar-refractivity contribution in [1.82, 2.24) is 15.0 Å². The van der Waals surface area contributed by atoms with E-state index in [1.54, 1.807) is 23.9 Å². The third-order valence-corrected chi connectivity index (χ3v) is 3.58. The zero-order valence-corrected chi connectivity index (χ0v) is 11.9. The van der Waals surface area contributed by atoms with E-state index in [9.17, 15) is 4.39 Å². The minimum atomic E-state index is -0.436. The molecule has 1 heterocycles. The summed E-state index contributed by atoms with van der Waals surface area (Å²) in [6, 6.07) is 4.14. The molecule has 7 heteroatoms. The first-order chi connectivity index (χ1) is 8.50. The monoisotopic (exact) mass is 332 g/mol. The lowest BCUT2D eigenvalue weighted by molar-refractivity contribution is 0.570. The molecule has 0 aliphatic rings. The molecule has 18 heavy (non-hydrogen) atoms. The largest absolute Gasteiger partial charge is 0.322 e. The Labute approximate surface area is 117 Å². The van der Waals surface area contributed by atoms with Crippen molar-refractivity contribution in [2.45, 2.75) is 12.5 Å². The highest BCUT2D eigenvalue weighted by atomic mass is 79.9. The predicted molar refractivity (Wildman–Crippen MR) is 70.7 cm³/mol. The average molecular weight is 334 g/mol. The van der Waals surface area contributed by atoms with Crippen LogP contribution in [-0.4, -0.2) is 15.0 Å². The molecule has 2 aromatic rings. The van der Waals surface area contributed by atoms with E-state index in [4.69, 9.17) is 17.3 Å². The van der Waals surface area contributed by atoms with Crippen molar-refractivity contribution < 1.29 is 4.39 Å². The molecule has 4 nitrogen and oxygen atoms in total. The van der Waals surface area contributed by atoms with Gasteiger partial charge in [-0.2, -0.15) is 0 Å². The molecule has 2 N–H and O–H groups in total. The summed E-state index contributed by atoms with van der Waals surface area (Å²) in [5, 5.41) is 8.06. The van der Waals surface area contributed by atoms with Gasteiger partial charge in [-0.3, -0.25) is 0 Å². The fourth-order valence-corrected chi connectivity index (χ4v) is 2.64. The molecule has 0 fully saturated rings. The Hall–Kier alpha value is -0.980. The molecule has 0 saturated carbocycles. The zero-order valence-electron chi connectivity index (χ0n) is 9.57. The van der Waals surface area contributed by atoms with E-state index >= 15 is 0 Å². The number of nitrogens with two attached hydrogens (primary N) is 1. The predicted octanol–water partition coefficient (Wildman–Crippen LogP) is 2.61. The smallest absolute Gasteiger partial charge is 0.153 e. The van der Waals surface area contributed by atoms with Gasteiger partial charge in [0.05, 0.1) is 11.7 Å². The van der Waals surface area contributed by atoms with E-state index < -0.39 is 6.04 Å². The number of aromatic nitrogens is 3. The van der Waals surface area contributed by atoms with E-state index in [1.807, 2.05) is 0 Å². The summed E-state index contributed by atoms with van der Waals surface area (Å²) in [4.78, 5) is 0. The fourth-order valence-electron chi connectivity index (χ4n) is 1.78. The Morgan fingerprint density at radius 1 is 1.56 bits per heavy atom. The van der Waals surface area contributed by atoms with Crippen LogP contribution in [0.3, 0.4) is 0 Å². The Kier molecular flexibility index (Phi) is 3.99. The van der Waals surface area contributed by atoms with Crippen molar-refractivity contribution >= 4 is 27.5 Å². The van der Waals surface area contributed by atoms with Crippen LogP contribution in [0.4, 0.5) is 4.39 Å². The lowest BCUT2D eigenvalue weighted by Crippen LogP contribution is -2.18. The number of rotatable bonds is 3. The maximum atomic E-state index is 13.7. The average Bonchev–Trinajstić information content (AvgIpc) is 2.64. The minimum Gasteiger partial charge on any atom is -0.322 e. The second kappa shape index (κ2) is 5.34. The van der Waals surface area contributed by atoms with Crippen LogP contribution in [0.1, 0.15) is 17.3 Å². The lowest BCUT2D eigenvalue weighted by atomic mass is 10.0. The first kappa shape index (κ1) is 13.5. The highest BCUT2D eigenvalue weighted by Gasteiger charge is 2.19. The fraction of sp³-hybridized carbons (Fsp3) is 0.273. The Balaban J connectivity index is 2.30. The molecular weight excluding hydrogens is 323 g/mol. The van der Waals surface area contributed by atoms with Gasteiger partial charge in [0.15, 0.2) is 4.60 Å². The highest BCUT2D eigenvalue weighted by Crippen LogP contribution is 2.26. The molecule has 0 aliphatic heterocycles. The van der Waals surface area contributed by atoms with Gasteiger partial charge in [0, 0.05) is 17.6 Å². The molecule has 1 aromatic heterocycles. The molecule has 0 spiro atoms. The first-order valence-corrected chi connectivity index (χ1v) is 6.41. The quantitative estimate of drug-likeness (QED) is 0.939. The SMILES string of the molecule is Cn1nnc(Br)c1C(N)Cc1c(F)cccc1Cl. The standard InChI is InChI=1S/C11H11BrClFN4/c1-18-10(11(12)16-17-18)9(15)5-6-7(13)3-2-4-8(6)14/h2-4,9H,5,15H2,1H3. The molecule has 1 aromatic carbocycles. The van der Waals surface area contributed by atoms with Crippen molar-refractivity contribution in [2.24, 2.45) is 12.8 Å². The van der Waals surface area contributed by atoms with Crippen molar-refractivity contribution in [3.63, 3.8) is 0 Å². The van der Waals surface area contributed by atoms with Crippen molar-refractivity contribution in [3.8, 4) is 0 Å². The second-order valence-corrected chi connectivity index (χ2v) is 5.06. The number of nitrogens with zero attached hydrogens (tertiary/aromatic N) is 3. The summed E-state index contributed by atoms with van der Waals surface area (Å²) < 4.78 is 15.8. The highest BCUT2D eigenvalue weighted by molar-refractivity contribution is 9.10.